The van der Waals surface area contributed by atoms with Crippen molar-refractivity contribution in [1.29, 1.82) is 0 Å². The highest BCUT2D eigenvalue weighted by atomic mass is 16.4. The van der Waals surface area contributed by atoms with Crippen LogP contribution in [0.2, 0.25) is 0 Å². The summed E-state index contributed by atoms with van der Waals surface area (Å²) in [5, 5.41) is 26.1. The molecule has 0 aromatic heterocycles. The Kier molecular flexibility index (Phi) is 112. The number of aliphatic hydroxyl groups excluding tert-OH is 1. The third-order valence-electron chi connectivity index (χ3n) is 25.6. The Morgan fingerprint density at radius 3 is 0.456 bits per heavy atom. The Balaban J connectivity index is -0.00000236. The van der Waals surface area contributed by atoms with Crippen LogP contribution >= 0.6 is 0 Å². The van der Waals surface area contributed by atoms with Crippen LogP contribution in [-0.2, 0) is 9.59 Å². The summed E-state index contributed by atoms with van der Waals surface area (Å²) < 4.78 is 0. The van der Waals surface area contributed by atoms with Gasteiger partial charge in [-0.15, -0.1) is 0 Å². The lowest BCUT2D eigenvalue weighted by atomic mass is 9.70. The van der Waals surface area contributed by atoms with Gasteiger partial charge >= 0.3 is 11.9 Å². The van der Waals surface area contributed by atoms with E-state index in [0.717, 1.165) is 32.1 Å². The molecule has 0 aromatic carbocycles. The first-order valence-corrected chi connectivity index (χ1v) is 53.6. The molecule has 3 N–H and O–H groups in total. The van der Waals surface area contributed by atoms with Gasteiger partial charge in [0.25, 0.3) is 0 Å². The Morgan fingerprint density at radius 1 is 0.175 bits per heavy atom. The number of hydrogen-bond donors (Lipinski definition) is 3. The maximum atomic E-state index is 10.8. The summed E-state index contributed by atoms with van der Waals surface area (Å²) in [6, 6.07) is 0. The van der Waals surface area contributed by atoms with Gasteiger partial charge in [-0.3, -0.25) is 9.59 Å². The number of hydrogen-bond acceptors (Lipinski definition) is 3. The van der Waals surface area contributed by atoms with E-state index < -0.39 is 11.9 Å². The molecule has 0 heterocycles. The molecule has 0 aromatic rings. The van der Waals surface area contributed by atoms with Crippen molar-refractivity contribution in [2.75, 3.05) is 6.61 Å². The van der Waals surface area contributed by atoms with Crippen molar-refractivity contribution in [1.82, 2.24) is 0 Å². The number of carboxylic acid groups (broad SMARTS) is 2. The van der Waals surface area contributed by atoms with E-state index in [0.29, 0.717) is 24.9 Å². The molecule has 0 fully saturated rings. The van der Waals surface area contributed by atoms with Crippen molar-refractivity contribution in [3.63, 3.8) is 0 Å². The van der Waals surface area contributed by atoms with Gasteiger partial charge in [-0.1, -0.05) is 566 Å². The molecular weight excluding hydrogens is 1390 g/mol. The van der Waals surface area contributed by atoms with Crippen molar-refractivity contribution < 1.29 is 24.9 Å². The molecule has 0 unspecified atom stereocenters. The maximum Gasteiger partial charge on any atom is 0.303 e. The molecule has 0 saturated heterocycles. The van der Waals surface area contributed by atoms with Crippen LogP contribution in [0.15, 0.2) is 24.3 Å². The lowest BCUT2D eigenvalue weighted by molar-refractivity contribution is -0.138. The van der Waals surface area contributed by atoms with Gasteiger partial charge in [0.15, 0.2) is 0 Å². The van der Waals surface area contributed by atoms with Gasteiger partial charge in [-0.25, -0.2) is 0 Å². The minimum absolute atomic E-state index is 0.331. The topological polar surface area (TPSA) is 94.8 Å². The first-order valence-electron chi connectivity index (χ1n) is 53.6. The fourth-order valence-corrected chi connectivity index (χ4v) is 17.7. The SMILES string of the molecule is CCCCCC/C=C\CCCCCCCC(=O)O.CCCCCCCCCCCCCCCCCCC(CCCCC/C=C\CCCCCCCC(=O)O)(CCCCCCCCCCCCCCCCCC)CCCCCCCCCCCCCCCCCC.CCCCCCCCCCCCCCCCCCCCCCCO. The highest BCUT2D eigenvalue weighted by Crippen LogP contribution is 2.42. The van der Waals surface area contributed by atoms with Gasteiger partial charge in [-0.2, -0.15) is 0 Å². The number of allylic oxidation sites excluding steroid dienone is 4. The average molecular weight is 1610 g/mol. The lowest BCUT2D eigenvalue weighted by Gasteiger charge is -2.35. The summed E-state index contributed by atoms with van der Waals surface area (Å²) in [5.41, 5.74) is 0.600. The quantitative estimate of drug-likeness (QED) is 0.0417. The number of carboxylic acids is 2. The number of aliphatic hydroxyl groups is 1. The summed E-state index contributed by atoms with van der Waals surface area (Å²) in [7, 11) is 0. The van der Waals surface area contributed by atoms with Crippen molar-refractivity contribution in [3.05, 3.63) is 24.3 Å². The van der Waals surface area contributed by atoms with Crippen LogP contribution in [0.25, 0.3) is 0 Å². The highest BCUT2D eigenvalue weighted by molar-refractivity contribution is 5.66. The molecule has 682 valence electrons. The monoisotopic (exact) mass is 1610 g/mol. The molecular formula is C109H216O5. The standard InChI is InChI=1S/C70H138O2.C23H48O.C16H30O2/c1-4-7-10-13-16-19-22-25-28-31-35-40-45-50-55-60-65-70(68-63-58-53-48-43-38-34-39-44-49-54-59-64-69(71)72,66-61-56-51-46-41-36-32-29-26-23-20-17-14-11-8-5-2)67-62-57-52-47-42-37-33-30-27-24-21-18-15-12-9-6-3;1-2-3-4-5-6-7-8-9-10-11-12-13-14-15-16-17-18-19-20-21-22-23-24;1-2-3-4-5-6-7-8-9-10-11-12-13-14-15-16(17)18/h38,43H,4-37,39-42,44-68H2,1-3H3,(H,71,72);24H,2-23H2,1H3;7-8H,2-6,9-15H2,1H3,(H,17,18)/b43-38-;;8-7-. The maximum absolute atomic E-state index is 10.8. The number of unbranched alkanes of at least 4 members (excludes halogenated alkanes) is 82. The van der Waals surface area contributed by atoms with E-state index >= 15 is 0 Å². The molecule has 5 heteroatoms. The molecule has 114 heavy (non-hydrogen) atoms. The third-order valence-corrected chi connectivity index (χ3v) is 25.6. The van der Waals surface area contributed by atoms with Crippen LogP contribution in [0.3, 0.4) is 0 Å². The van der Waals surface area contributed by atoms with E-state index in [9.17, 15) is 9.59 Å². The number of aliphatic carboxylic acids is 2. The zero-order chi connectivity index (χ0) is 83.1. The van der Waals surface area contributed by atoms with Crippen LogP contribution in [0.5, 0.6) is 0 Å². The van der Waals surface area contributed by atoms with E-state index in [-0.39, 0.29) is 0 Å². The van der Waals surface area contributed by atoms with Gasteiger partial charge in [0.05, 0.1) is 0 Å². The minimum atomic E-state index is -0.666. The molecule has 0 aliphatic rings. The van der Waals surface area contributed by atoms with Gasteiger partial charge in [0.2, 0.25) is 0 Å². The number of rotatable bonds is 99. The summed E-state index contributed by atoms with van der Waals surface area (Å²) in [6.07, 6.45) is 142. The van der Waals surface area contributed by atoms with Gasteiger partial charge in [0.1, 0.15) is 0 Å². The lowest BCUT2D eigenvalue weighted by Crippen LogP contribution is -2.21. The summed E-state index contributed by atoms with van der Waals surface area (Å²) in [4.78, 5) is 21.1. The molecule has 0 aliphatic heterocycles. The Labute approximate surface area is 719 Å². The molecule has 0 amide bonds. The van der Waals surface area contributed by atoms with Crippen molar-refractivity contribution >= 4 is 11.9 Å². The molecule has 0 aliphatic carbocycles. The third kappa shape index (κ3) is 110. The number of carbonyl (C=O) groups is 2. The second-order valence-electron chi connectivity index (χ2n) is 37.2. The Morgan fingerprint density at radius 2 is 0.298 bits per heavy atom. The van der Waals surface area contributed by atoms with Crippen LogP contribution in [0.4, 0.5) is 0 Å². The molecule has 0 saturated carbocycles. The van der Waals surface area contributed by atoms with E-state index in [4.69, 9.17) is 15.3 Å². The van der Waals surface area contributed by atoms with Gasteiger partial charge in [-0.05, 0) is 102 Å². The van der Waals surface area contributed by atoms with Gasteiger partial charge < -0.3 is 15.3 Å². The second-order valence-corrected chi connectivity index (χ2v) is 37.2. The Bertz CT molecular complexity index is 1640. The predicted molar refractivity (Wildman–Crippen MR) is 515 cm³/mol. The largest absolute Gasteiger partial charge is 0.481 e. The first-order chi connectivity index (χ1) is 56.3. The molecule has 0 rings (SSSR count). The van der Waals surface area contributed by atoms with Crippen molar-refractivity contribution in [2.45, 2.75) is 651 Å². The summed E-state index contributed by atoms with van der Waals surface area (Å²) >= 11 is 0. The highest BCUT2D eigenvalue weighted by Gasteiger charge is 2.28. The van der Waals surface area contributed by atoms with Crippen LogP contribution in [-0.4, -0.2) is 33.9 Å². The fourth-order valence-electron chi connectivity index (χ4n) is 17.7. The zero-order valence-electron chi connectivity index (χ0n) is 79.6. The minimum Gasteiger partial charge on any atom is -0.481 e. The van der Waals surface area contributed by atoms with Gasteiger partial charge in [0, 0.05) is 19.4 Å². The molecule has 0 spiro atoms. The average Bonchev–Trinajstić information content (AvgIpc) is 0.869. The van der Waals surface area contributed by atoms with E-state index in [2.05, 4.69) is 58.9 Å². The van der Waals surface area contributed by atoms with Crippen molar-refractivity contribution in [2.24, 2.45) is 5.41 Å². The molecule has 0 atom stereocenters. The van der Waals surface area contributed by atoms with E-state index in [1.165, 1.54) is 571 Å². The zero-order valence-corrected chi connectivity index (χ0v) is 79.6. The van der Waals surface area contributed by atoms with Crippen LogP contribution < -0.4 is 0 Å². The molecule has 0 radical (unpaired) electrons. The molecule has 5 nitrogen and oxygen atoms in total. The Hall–Kier alpha value is -1.62. The first kappa shape index (κ1) is 117. The molecule has 0 bridgehead atoms. The smallest absolute Gasteiger partial charge is 0.303 e. The van der Waals surface area contributed by atoms with E-state index in [1.54, 1.807) is 0 Å². The fraction of sp³-hybridized carbons (Fsp3) is 0.945. The second kappa shape index (κ2) is 109. The van der Waals surface area contributed by atoms with Crippen LogP contribution in [0, 0.1) is 5.41 Å². The van der Waals surface area contributed by atoms with Crippen LogP contribution in [0.1, 0.15) is 651 Å². The predicted octanol–water partition coefficient (Wildman–Crippen LogP) is 39.8. The van der Waals surface area contributed by atoms with Crippen molar-refractivity contribution in [3.8, 4) is 0 Å². The summed E-state index contributed by atoms with van der Waals surface area (Å²) in [6.45, 7) is 11.9. The van der Waals surface area contributed by atoms with E-state index in [1.807, 2.05) is 0 Å². The normalized spacial score (nSPS) is 11.7. The summed E-state index contributed by atoms with van der Waals surface area (Å²) in [5.74, 6) is -1.31.